The quantitative estimate of drug-likeness (QED) is 0.582. The first-order valence-electron chi connectivity index (χ1n) is 7.07. The third-order valence-electron chi connectivity index (χ3n) is 3.42. The minimum absolute atomic E-state index is 0.723. The number of benzene rings is 2. The number of hydrogen-bond acceptors (Lipinski definition) is 4. The smallest absolute Gasteiger partial charge is 0.146 e. The molecule has 0 bridgehead atoms. The van der Waals surface area contributed by atoms with Gasteiger partial charge in [0.15, 0.2) is 0 Å². The molecule has 4 nitrogen and oxygen atoms in total. The van der Waals surface area contributed by atoms with E-state index in [0.717, 1.165) is 33.7 Å². The molecule has 3 rings (SSSR count). The van der Waals surface area contributed by atoms with E-state index < -0.39 is 0 Å². The maximum atomic E-state index is 5.23. The van der Waals surface area contributed by atoms with Gasteiger partial charge in [-0.25, -0.2) is 4.98 Å². The van der Waals surface area contributed by atoms with E-state index in [0.29, 0.717) is 0 Å². The Labute approximate surface area is 129 Å². The van der Waals surface area contributed by atoms with E-state index in [4.69, 9.17) is 4.74 Å². The fraction of sp³-hybridized carbons (Fsp3) is 0.111. The zero-order valence-corrected chi connectivity index (χ0v) is 12.6. The van der Waals surface area contributed by atoms with Crippen molar-refractivity contribution in [2.75, 3.05) is 12.5 Å². The monoisotopic (exact) mass is 291 g/mol. The standard InChI is InChI=1S/C18H17N3O/c1-13(15-7-5-8-16(12-15)22-2)20-21-18-11-10-14-6-3-4-9-17(14)19-18/h3-12H,1-2H3,(H,19,21)/b20-13-. The van der Waals surface area contributed by atoms with Gasteiger partial charge in [0.25, 0.3) is 0 Å². The van der Waals surface area contributed by atoms with Crippen LogP contribution in [0.4, 0.5) is 5.82 Å². The molecule has 0 unspecified atom stereocenters. The van der Waals surface area contributed by atoms with Crippen LogP contribution in [-0.2, 0) is 0 Å². The lowest BCUT2D eigenvalue weighted by Gasteiger charge is -2.06. The number of fused-ring (bicyclic) bond motifs is 1. The summed E-state index contributed by atoms with van der Waals surface area (Å²) in [5.41, 5.74) is 5.83. The first-order chi connectivity index (χ1) is 10.8. The lowest BCUT2D eigenvalue weighted by molar-refractivity contribution is 0.414. The van der Waals surface area contributed by atoms with Gasteiger partial charge in [0.05, 0.1) is 18.3 Å². The molecule has 0 aliphatic carbocycles. The van der Waals surface area contributed by atoms with Gasteiger partial charge in [0, 0.05) is 10.9 Å². The molecule has 22 heavy (non-hydrogen) atoms. The Morgan fingerprint density at radius 1 is 1.05 bits per heavy atom. The number of anilines is 1. The second-order valence-corrected chi connectivity index (χ2v) is 4.93. The summed E-state index contributed by atoms with van der Waals surface area (Å²) < 4.78 is 5.23. The van der Waals surface area contributed by atoms with Gasteiger partial charge in [-0.15, -0.1) is 0 Å². The predicted molar refractivity (Wildman–Crippen MR) is 90.6 cm³/mol. The highest BCUT2D eigenvalue weighted by molar-refractivity contribution is 5.99. The number of methoxy groups -OCH3 is 1. The van der Waals surface area contributed by atoms with Gasteiger partial charge in [0.1, 0.15) is 11.6 Å². The summed E-state index contributed by atoms with van der Waals surface area (Å²) in [6, 6.07) is 19.8. The number of rotatable bonds is 4. The number of nitrogens with one attached hydrogen (secondary N) is 1. The highest BCUT2D eigenvalue weighted by Gasteiger charge is 2.01. The van der Waals surface area contributed by atoms with Crippen LogP contribution in [0.25, 0.3) is 10.9 Å². The Morgan fingerprint density at radius 3 is 2.77 bits per heavy atom. The number of hydrazone groups is 1. The lowest BCUT2D eigenvalue weighted by atomic mass is 10.1. The lowest BCUT2D eigenvalue weighted by Crippen LogP contribution is -2.01. The molecule has 2 aromatic carbocycles. The summed E-state index contributed by atoms with van der Waals surface area (Å²) in [5.74, 6) is 1.54. The predicted octanol–water partition coefficient (Wildman–Crippen LogP) is 4.08. The highest BCUT2D eigenvalue weighted by Crippen LogP contribution is 2.16. The van der Waals surface area contributed by atoms with Crippen LogP contribution in [0.15, 0.2) is 65.8 Å². The van der Waals surface area contributed by atoms with E-state index in [2.05, 4.69) is 15.5 Å². The Kier molecular flexibility index (Phi) is 4.01. The van der Waals surface area contributed by atoms with E-state index in [1.54, 1.807) is 7.11 Å². The third-order valence-corrected chi connectivity index (χ3v) is 3.42. The van der Waals surface area contributed by atoms with E-state index in [-0.39, 0.29) is 0 Å². The zero-order valence-electron chi connectivity index (χ0n) is 12.6. The first-order valence-corrected chi connectivity index (χ1v) is 7.07. The molecular weight excluding hydrogens is 274 g/mol. The van der Waals surface area contributed by atoms with Crippen molar-refractivity contribution in [3.63, 3.8) is 0 Å². The van der Waals surface area contributed by atoms with E-state index in [1.807, 2.05) is 67.6 Å². The van der Waals surface area contributed by atoms with Gasteiger partial charge in [-0.05, 0) is 37.3 Å². The Hall–Kier alpha value is -2.88. The minimum atomic E-state index is 0.723. The highest BCUT2D eigenvalue weighted by atomic mass is 16.5. The molecule has 110 valence electrons. The molecule has 0 amide bonds. The van der Waals surface area contributed by atoms with E-state index in [1.165, 1.54) is 0 Å². The number of aromatic nitrogens is 1. The van der Waals surface area contributed by atoms with Crippen molar-refractivity contribution >= 4 is 22.4 Å². The van der Waals surface area contributed by atoms with Gasteiger partial charge in [-0.2, -0.15) is 5.10 Å². The number of pyridine rings is 1. The Balaban J connectivity index is 1.81. The van der Waals surface area contributed by atoms with Crippen LogP contribution in [0, 0.1) is 0 Å². The Morgan fingerprint density at radius 2 is 1.91 bits per heavy atom. The maximum absolute atomic E-state index is 5.23. The molecular formula is C18H17N3O. The fourth-order valence-corrected chi connectivity index (χ4v) is 2.18. The van der Waals surface area contributed by atoms with Crippen molar-refractivity contribution in [3.05, 3.63) is 66.2 Å². The molecule has 0 saturated carbocycles. The summed E-state index contributed by atoms with van der Waals surface area (Å²) in [5, 5.41) is 5.51. The number of nitrogens with zero attached hydrogens (tertiary/aromatic N) is 2. The average Bonchev–Trinajstić information content (AvgIpc) is 2.59. The summed E-state index contributed by atoms with van der Waals surface area (Å²) >= 11 is 0. The molecule has 1 heterocycles. The van der Waals surface area contributed by atoms with Crippen LogP contribution in [0.5, 0.6) is 5.75 Å². The van der Waals surface area contributed by atoms with E-state index >= 15 is 0 Å². The first kappa shape index (κ1) is 14.1. The molecule has 0 radical (unpaired) electrons. The average molecular weight is 291 g/mol. The molecule has 0 saturated heterocycles. The van der Waals surface area contributed by atoms with Crippen LogP contribution in [-0.4, -0.2) is 17.8 Å². The van der Waals surface area contributed by atoms with Gasteiger partial charge >= 0.3 is 0 Å². The van der Waals surface area contributed by atoms with Crippen molar-refractivity contribution in [1.29, 1.82) is 0 Å². The van der Waals surface area contributed by atoms with E-state index in [9.17, 15) is 0 Å². The van der Waals surface area contributed by atoms with Crippen molar-refractivity contribution in [3.8, 4) is 5.75 Å². The van der Waals surface area contributed by atoms with Gasteiger partial charge in [-0.3, -0.25) is 5.43 Å². The summed E-state index contributed by atoms with van der Waals surface area (Å²) in [4.78, 5) is 4.53. The number of ether oxygens (including phenoxy) is 1. The van der Waals surface area contributed by atoms with Crippen molar-refractivity contribution in [1.82, 2.24) is 4.98 Å². The second-order valence-electron chi connectivity index (χ2n) is 4.93. The molecule has 0 atom stereocenters. The van der Waals surface area contributed by atoms with Gasteiger partial charge in [0.2, 0.25) is 0 Å². The molecule has 0 spiro atoms. The summed E-state index contributed by atoms with van der Waals surface area (Å²) in [7, 11) is 1.66. The van der Waals surface area contributed by atoms with Crippen molar-refractivity contribution < 1.29 is 4.74 Å². The van der Waals surface area contributed by atoms with Crippen LogP contribution < -0.4 is 10.2 Å². The van der Waals surface area contributed by atoms with Crippen LogP contribution in [0.1, 0.15) is 12.5 Å². The van der Waals surface area contributed by atoms with Crippen LogP contribution in [0.2, 0.25) is 0 Å². The molecule has 0 aliphatic heterocycles. The third kappa shape index (κ3) is 3.06. The molecule has 1 N–H and O–H groups in total. The molecule has 4 heteroatoms. The largest absolute Gasteiger partial charge is 0.497 e. The van der Waals surface area contributed by atoms with Gasteiger partial charge < -0.3 is 4.74 Å². The maximum Gasteiger partial charge on any atom is 0.146 e. The number of hydrogen-bond donors (Lipinski definition) is 1. The Bertz CT molecular complexity index is 827. The van der Waals surface area contributed by atoms with Crippen LogP contribution in [0.3, 0.4) is 0 Å². The summed E-state index contributed by atoms with van der Waals surface area (Å²) in [6.07, 6.45) is 0. The fourth-order valence-electron chi connectivity index (χ4n) is 2.18. The minimum Gasteiger partial charge on any atom is -0.497 e. The molecule has 1 aromatic heterocycles. The second kappa shape index (κ2) is 6.26. The zero-order chi connectivity index (χ0) is 15.4. The molecule has 0 fully saturated rings. The van der Waals surface area contributed by atoms with Crippen molar-refractivity contribution in [2.24, 2.45) is 5.10 Å². The van der Waals surface area contributed by atoms with Gasteiger partial charge in [-0.1, -0.05) is 30.3 Å². The van der Waals surface area contributed by atoms with Crippen LogP contribution >= 0.6 is 0 Å². The summed E-state index contributed by atoms with van der Waals surface area (Å²) in [6.45, 7) is 1.95. The molecule has 0 aliphatic rings. The number of para-hydroxylation sites is 1. The van der Waals surface area contributed by atoms with Crippen molar-refractivity contribution in [2.45, 2.75) is 6.92 Å². The topological polar surface area (TPSA) is 46.5 Å². The normalized spacial score (nSPS) is 11.5. The molecule has 3 aromatic rings. The SMILES string of the molecule is COc1cccc(/C(C)=N\Nc2ccc3ccccc3n2)c1.